The van der Waals surface area contributed by atoms with Crippen molar-refractivity contribution in [2.24, 2.45) is 0 Å². The number of carbonyl (C=O) groups is 1. The monoisotopic (exact) mass is 229 g/mol. The Morgan fingerprint density at radius 1 is 1.33 bits per heavy atom. The molecule has 0 bridgehead atoms. The topological polar surface area (TPSA) is 35.6 Å². The van der Waals surface area contributed by atoms with Crippen LogP contribution in [-0.2, 0) is 4.79 Å². The van der Waals surface area contributed by atoms with Crippen molar-refractivity contribution in [2.75, 3.05) is 33.7 Å². The van der Waals surface area contributed by atoms with E-state index in [1.807, 2.05) is 7.05 Å². The van der Waals surface area contributed by atoms with Crippen molar-refractivity contribution in [2.45, 2.75) is 24.1 Å². The molecule has 0 aliphatic carbocycles. The highest BCUT2D eigenvalue weighted by Gasteiger charge is 2.44. The van der Waals surface area contributed by atoms with Crippen LogP contribution in [0.2, 0.25) is 0 Å². The summed E-state index contributed by atoms with van der Waals surface area (Å²) in [5.74, 6) is 0. The van der Waals surface area contributed by atoms with Gasteiger partial charge in [0.05, 0.1) is 4.87 Å². The summed E-state index contributed by atoms with van der Waals surface area (Å²) in [6.45, 7) is 3.02. The maximum absolute atomic E-state index is 11.6. The highest BCUT2D eigenvalue weighted by atomic mass is 32.2. The molecule has 2 saturated heterocycles. The zero-order valence-corrected chi connectivity index (χ0v) is 10.3. The Labute approximate surface area is 95.3 Å². The minimum atomic E-state index is 0.0244. The Morgan fingerprint density at radius 3 is 2.60 bits per heavy atom. The molecule has 1 spiro atoms. The number of rotatable bonds is 1. The van der Waals surface area contributed by atoms with Gasteiger partial charge in [0, 0.05) is 26.1 Å². The summed E-state index contributed by atoms with van der Waals surface area (Å²) in [4.78, 5) is 13.9. The molecule has 15 heavy (non-hydrogen) atoms. The van der Waals surface area contributed by atoms with E-state index in [0.717, 1.165) is 32.5 Å². The summed E-state index contributed by atoms with van der Waals surface area (Å²) in [7, 11) is 4.10. The second-order valence-corrected chi connectivity index (χ2v) is 5.77. The number of hydrazine groups is 1. The molecule has 2 rings (SSSR count). The second-order valence-electron chi connectivity index (χ2n) is 4.35. The van der Waals surface area contributed by atoms with Crippen LogP contribution < -0.4 is 5.43 Å². The highest BCUT2D eigenvalue weighted by Crippen LogP contribution is 2.41. The molecule has 1 N–H and O–H groups in total. The first-order valence-corrected chi connectivity index (χ1v) is 6.33. The van der Waals surface area contributed by atoms with Crippen LogP contribution >= 0.6 is 11.8 Å². The number of piperidine rings is 1. The molecule has 4 nitrogen and oxygen atoms in total. The molecule has 0 unspecified atom stereocenters. The largest absolute Gasteiger partial charge is 0.306 e. The number of thioether (sulfide) groups is 1. The van der Waals surface area contributed by atoms with Gasteiger partial charge < -0.3 is 4.90 Å². The van der Waals surface area contributed by atoms with E-state index in [-0.39, 0.29) is 4.87 Å². The van der Waals surface area contributed by atoms with Crippen LogP contribution in [0.15, 0.2) is 0 Å². The molecule has 0 saturated carbocycles. The lowest BCUT2D eigenvalue weighted by Crippen LogP contribution is -2.59. The quantitative estimate of drug-likeness (QED) is 0.709. The van der Waals surface area contributed by atoms with Gasteiger partial charge in [-0.25, -0.2) is 5.01 Å². The minimum Gasteiger partial charge on any atom is -0.306 e. The predicted octanol–water partition coefficient (Wildman–Crippen LogP) is 0.508. The van der Waals surface area contributed by atoms with Gasteiger partial charge in [-0.15, -0.1) is 0 Å². The fourth-order valence-electron chi connectivity index (χ4n) is 2.38. The van der Waals surface area contributed by atoms with Gasteiger partial charge in [-0.3, -0.25) is 10.2 Å². The minimum absolute atomic E-state index is 0.0244. The van der Waals surface area contributed by atoms with Gasteiger partial charge in [0.15, 0.2) is 5.12 Å². The van der Waals surface area contributed by atoms with Crippen LogP contribution in [-0.4, -0.2) is 53.6 Å². The van der Waals surface area contributed by atoms with Gasteiger partial charge in [0.2, 0.25) is 0 Å². The van der Waals surface area contributed by atoms with Crippen molar-refractivity contribution >= 4 is 16.9 Å². The Kier molecular flexibility index (Phi) is 3.35. The molecule has 2 heterocycles. The van der Waals surface area contributed by atoms with Gasteiger partial charge >= 0.3 is 0 Å². The van der Waals surface area contributed by atoms with E-state index in [1.165, 1.54) is 0 Å². The fourth-order valence-corrected chi connectivity index (χ4v) is 3.68. The Bertz CT molecular complexity index is 251. The number of likely N-dealkylation sites (tertiary alicyclic amines) is 1. The number of hydrogen-bond donors (Lipinski definition) is 1. The molecule has 5 heteroatoms. The lowest BCUT2D eigenvalue weighted by Gasteiger charge is -2.49. The summed E-state index contributed by atoms with van der Waals surface area (Å²) in [6.07, 6.45) is 2.81. The third-order valence-electron chi connectivity index (χ3n) is 3.37. The average Bonchev–Trinajstić information content (AvgIpc) is 2.23. The zero-order chi connectivity index (χ0) is 10.9. The zero-order valence-electron chi connectivity index (χ0n) is 9.45. The first-order chi connectivity index (χ1) is 7.16. The van der Waals surface area contributed by atoms with Crippen molar-refractivity contribution < 1.29 is 4.79 Å². The van der Waals surface area contributed by atoms with Crippen LogP contribution in [0.1, 0.15) is 19.3 Å². The van der Waals surface area contributed by atoms with Crippen LogP contribution in [0.3, 0.4) is 0 Å². The van der Waals surface area contributed by atoms with Crippen LogP contribution in [0.5, 0.6) is 0 Å². The molecular formula is C10H19N3OS. The molecule has 2 aliphatic heterocycles. The Balaban J connectivity index is 2.11. The van der Waals surface area contributed by atoms with Gasteiger partial charge in [0.25, 0.3) is 0 Å². The van der Waals surface area contributed by atoms with Crippen molar-refractivity contribution in [3.05, 3.63) is 0 Å². The van der Waals surface area contributed by atoms with Gasteiger partial charge in [-0.2, -0.15) is 0 Å². The summed E-state index contributed by atoms with van der Waals surface area (Å²) in [5.41, 5.74) is 3.24. The van der Waals surface area contributed by atoms with E-state index in [1.54, 1.807) is 11.8 Å². The lowest BCUT2D eigenvalue weighted by molar-refractivity contribution is -0.113. The highest BCUT2D eigenvalue weighted by molar-refractivity contribution is 8.14. The number of carbonyl (C=O) groups excluding carboxylic acids is 1. The molecular weight excluding hydrogens is 210 g/mol. The summed E-state index contributed by atoms with van der Waals surface area (Å²) in [5, 5.41) is 2.61. The normalized spacial score (nSPS) is 28.5. The van der Waals surface area contributed by atoms with Crippen molar-refractivity contribution in [3.63, 3.8) is 0 Å². The smallest absolute Gasteiger partial charge is 0.192 e. The molecule has 0 atom stereocenters. The van der Waals surface area contributed by atoms with Crippen molar-refractivity contribution in [3.8, 4) is 0 Å². The third kappa shape index (κ3) is 2.20. The SMILES string of the molecule is CNN1CCC(=O)SC12CCN(C)CC2. The third-order valence-corrected chi connectivity index (χ3v) is 4.81. The number of nitrogens with one attached hydrogen (secondary N) is 1. The van der Waals surface area contributed by atoms with E-state index in [0.29, 0.717) is 11.5 Å². The fraction of sp³-hybridized carbons (Fsp3) is 0.900. The molecule has 0 aromatic rings. The molecule has 0 radical (unpaired) electrons. The Morgan fingerprint density at radius 2 is 2.00 bits per heavy atom. The molecule has 2 aliphatic rings. The van der Waals surface area contributed by atoms with Crippen molar-refractivity contribution in [1.29, 1.82) is 0 Å². The Hall–Kier alpha value is -0.100. The van der Waals surface area contributed by atoms with E-state index in [9.17, 15) is 4.79 Å². The summed E-state index contributed by atoms with van der Waals surface area (Å²) in [6, 6.07) is 0. The predicted molar refractivity (Wildman–Crippen MR) is 62.4 cm³/mol. The maximum Gasteiger partial charge on any atom is 0.192 e. The molecule has 0 amide bonds. The summed E-state index contributed by atoms with van der Waals surface area (Å²) < 4.78 is 0. The average molecular weight is 229 g/mol. The van der Waals surface area contributed by atoms with E-state index < -0.39 is 0 Å². The van der Waals surface area contributed by atoms with E-state index in [4.69, 9.17) is 0 Å². The lowest BCUT2D eigenvalue weighted by atomic mass is 10.0. The number of nitrogens with zero attached hydrogens (tertiary/aromatic N) is 2. The van der Waals surface area contributed by atoms with Gasteiger partial charge in [-0.1, -0.05) is 11.8 Å². The van der Waals surface area contributed by atoms with Gasteiger partial charge in [0.1, 0.15) is 0 Å². The van der Waals surface area contributed by atoms with Crippen LogP contribution in [0.25, 0.3) is 0 Å². The maximum atomic E-state index is 11.6. The first kappa shape index (κ1) is 11.4. The van der Waals surface area contributed by atoms with E-state index in [2.05, 4.69) is 22.4 Å². The van der Waals surface area contributed by atoms with E-state index >= 15 is 0 Å². The molecule has 2 fully saturated rings. The standard InChI is InChI=1S/C10H19N3OS/c1-11-13-6-3-9(14)15-10(13)4-7-12(2)8-5-10/h11H,3-8H2,1-2H3. The number of hydrogen-bond acceptors (Lipinski definition) is 5. The first-order valence-electron chi connectivity index (χ1n) is 5.52. The second kappa shape index (κ2) is 4.41. The molecule has 86 valence electrons. The van der Waals surface area contributed by atoms with Crippen LogP contribution in [0.4, 0.5) is 0 Å². The van der Waals surface area contributed by atoms with Gasteiger partial charge in [-0.05, 0) is 26.9 Å². The summed E-state index contributed by atoms with van der Waals surface area (Å²) >= 11 is 1.54. The molecule has 0 aromatic heterocycles. The molecule has 0 aromatic carbocycles. The van der Waals surface area contributed by atoms with Crippen molar-refractivity contribution in [1.82, 2.24) is 15.3 Å². The van der Waals surface area contributed by atoms with Crippen LogP contribution in [0, 0.1) is 0 Å².